The number of nitrogens with zero attached hydrogens (tertiary/aromatic N) is 2. The number of nitrogens with one attached hydrogen (secondary N) is 1. The van der Waals surface area contributed by atoms with E-state index in [0.29, 0.717) is 19.6 Å². The van der Waals surface area contributed by atoms with Crippen molar-refractivity contribution >= 4 is 39.1 Å². The van der Waals surface area contributed by atoms with Gasteiger partial charge >= 0.3 is 0 Å². The van der Waals surface area contributed by atoms with E-state index in [1.807, 2.05) is 18.7 Å². The lowest BCUT2D eigenvalue weighted by Gasteiger charge is -2.36. The van der Waals surface area contributed by atoms with Crippen LogP contribution < -0.4 is 5.32 Å². The fourth-order valence-electron chi connectivity index (χ4n) is 2.68. The third-order valence-electron chi connectivity index (χ3n) is 4.07. The average molecular weight is 394 g/mol. The quantitative estimate of drug-likeness (QED) is 0.827. The first-order valence-corrected chi connectivity index (χ1v) is 9.94. The van der Waals surface area contributed by atoms with Gasteiger partial charge in [-0.15, -0.1) is 0 Å². The van der Waals surface area contributed by atoms with Gasteiger partial charge in [-0.3, -0.25) is 9.69 Å². The summed E-state index contributed by atoms with van der Waals surface area (Å²) in [6, 6.07) is 4.33. The maximum absolute atomic E-state index is 12.8. The summed E-state index contributed by atoms with van der Waals surface area (Å²) in [6.07, 6.45) is 0. The predicted octanol–water partition coefficient (Wildman–Crippen LogP) is 1.82. The molecule has 1 atom stereocenters. The number of benzene rings is 1. The molecule has 2 rings (SSSR count). The van der Waals surface area contributed by atoms with E-state index in [9.17, 15) is 13.2 Å². The molecule has 6 nitrogen and oxygen atoms in total. The van der Waals surface area contributed by atoms with Crippen LogP contribution in [0.15, 0.2) is 23.1 Å². The monoisotopic (exact) mass is 393 g/mol. The van der Waals surface area contributed by atoms with Crippen molar-refractivity contribution in [3.63, 3.8) is 0 Å². The third kappa shape index (κ3) is 4.03. The number of carbonyl (C=O) groups excluding carboxylic acids is 1. The molecule has 1 aliphatic rings. The molecule has 0 bridgehead atoms. The van der Waals surface area contributed by atoms with E-state index in [0.717, 1.165) is 0 Å². The van der Waals surface area contributed by atoms with E-state index in [1.54, 1.807) is 6.07 Å². The molecule has 0 aromatic heterocycles. The molecule has 1 aliphatic heterocycles. The minimum Gasteiger partial charge on any atom is -0.355 e. The highest BCUT2D eigenvalue weighted by molar-refractivity contribution is 7.89. The molecule has 9 heteroatoms. The van der Waals surface area contributed by atoms with Crippen LogP contribution in [0.5, 0.6) is 0 Å². The molecule has 134 valence electrons. The number of likely N-dealkylation sites (N-methyl/N-ethyl adjacent to an activating group) is 1. The van der Waals surface area contributed by atoms with Gasteiger partial charge < -0.3 is 5.32 Å². The Hall–Kier alpha value is -0.860. The molecular formula is C15H21Cl2N3O3S. The Morgan fingerprint density at radius 2 is 1.75 bits per heavy atom. The standard InChI is InChI=1S/C15H21Cl2N3O3S/c1-3-18-15(21)11(2)19-7-9-20(10-8-19)24(22,23)14-12(16)5-4-6-13(14)17/h4-6,11H,3,7-10H2,1-2H3,(H,18,21)/t11-/m0/s1. The Morgan fingerprint density at radius 3 is 2.25 bits per heavy atom. The summed E-state index contributed by atoms with van der Waals surface area (Å²) < 4.78 is 27.0. The van der Waals surface area contributed by atoms with Crippen molar-refractivity contribution in [1.29, 1.82) is 0 Å². The maximum atomic E-state index is 12.8. The van der Waals surface area contributed by atoms with E-state index in [-0.39, 0.29) is 40.0 Å². The van der Waals surface area contributed by atoms with E-state index >= 15 is 0 Å². The smallest absolute Gasteiger partial charge is 0.246 e. The SMILES string of the molecule is CCNC(=O)[C@H](C)N1CCN(S(=O)(=O)c2c(Cl)cccc2Cl)CC1. The van der Waals surface area contributed by atoms with Gasteiger partial charge in [0.05, 0.1) is 16.1 Å². The molecular weight excluding hydrogens is 373 g/mol. The molecule has 1 aromatic carbocycles. The first-order chi connectivity index (χ1) is 11.3. The molecule has 1 heterocycles. The van der Waals surface area contributed by atoms with Crippen LogP contribution in [0.25, 0.3) is 0 Å². The molecule has 0 unspecified atom stereocenters. The van der Waals surface area contributed by atoms with Gasteiger partial charge in [-0.2, -0.15) is 4.31 Å². The van der Waals surface area contributed by atoms with E-state index < -0.39 is 10.0 Å². The number of hydrogen-bond donors (Lipinski definition) is 1. The Morgan fingerprint density at radius 1 is 1.21 bits per heavy atom. The van der Waals surface area contributed by atoms with E-state index in [4.69, 9.17) is 23.2 Å². The molecule has 0 spiro atoms. The summed E-state index contributed by atoms with van der Waals surface area (Å²) in [5.74, 6) is -0.0528. The minimum atomic E-state index is -3.76. The molecule has 1 saturated heterocycles. The lowest BCUT2D eigenvalue weighted by atomic mass is 10.2. The van der Waals surface area contributed by atoms with Crippen molar-refractivity contribution in [2.45, 2.75) is 24.8 Å². The number of carbonyl (C=O) groups is 1. The molecule has 1 aromatic rings. The van der Waals surface area contributed by atoms with Gasteiger partial charge in [0.2, 0.25) is 15.9 Å². The summed E-state index contributed by atoms with van der Waals surface area (Å²) in [5.41, 5.74) is 0. The summed E-state index contributed by atoms with van der Waals surface area (Å²) >= 11 is 12.1. The molecule has 0 aliphatic carbocycles. The molecule has 24 heavy (non-hydrogen) atoms. The summed E-state index contributed by atoms with van der Waals surface area (Å²) in [5, 5.41) is 3.00. The average Bonchev–Trinajstić information content (AvgIpc) is 2.54. The summed E-state index contributed by atoms with van der Waals surface area (Å²) in [4.78, 5) is 13.8. The minimum absolute atomic E-state index is 0.0528. The highest BCUT2D eigenvalue weighted by Gasteiger charge is 2.33. The van der Waals surface area contributed by atoms with Gasteiger partial charge in [-0.25, -0.2) is 8.42 Å². The molecule has 0 saturated carbocycles. The number of amides is 1. The van der Waals surface area contributed by atoms with Gasteiger partial charge in [0.1, 0.15) is 4.90 Å². The molecule has 1 amide bonds. The van der Waals surface area contributed by atoms with Crippen LogP contribution in [0.1, 0.15) is 13.8 Å². The zero-order valence-electron chi connectivity index (χ0n) is 13.6. The van der Waals surface area contributed by atoms with Crippen molar-refractivity contribution < 1.29 is 13.2 Å². The third-order valence-corrected chi connectivity index (χ3v) is 6.92. The van der Waals surface area contributed by atoms with Crippen LogP contribution in [0.2, 0.25) is 10.0 Å². The maximum Gasteiger partial charge on any atom is 0.246 e. The van der Waals surface area contributed by atoms with Gasteiger partial charge in [-0.05, 0) is 26.0 Å². The fourth-order valence-corrected chi connectivity index (χ4v) is 5.19. The Bertz CT molecular complexity index is 684. The molecule has 1 N–H and O–H groups in total. The molecule has 1 fully saturated rings. The highest BCUT2D eigenvalue weighted by atomic mass is 35.5. The van der Waals surface area contributed by atoms with Crippen LogP contribution >= 0.6 is 23.2 Å². The van der Waals surface area contributed by atoms with Crippen LogP contribution in [0, 0.1) is 0 Å². The van der Waals surface area contributed by atoms with Gasteiger partial charge in [0.25, 0.3) is 0 Å². The van der Waals surface area contributed by atoms with Crippen molar-refractivity contribution in [3.05, 3.63) is 28.2 Å². The summed E-state index contributed by atoms with van der Waals surface area (Å²) in [6.45, 7) is 5.77. The normalized spacial score (nSPS) is 18.3. The topological polar surface area (TPSA) is 69.7 Å². The van der Waals surface area contributed by atoms with Crippen molar-refractivity contribution in [2.75, 3.05) is 32.7 Å². The Balaban J connectivity index is 2.10. The first-order valence-electron chi connectivity index (χ1n) is 7.75. The number of halogens is 2. The van der Waals surface area contributed by atoms with Crippen molar-refractivity contribution in [2.24, 2.45) is 0 Å². The zero-order chi connectivity index (χ0) is 17.9. The largest absolute Gasteiger partial charge is 0.355 e. The first kappa shape index (κ1) is 19.5. The van der Waals surface area contributed by atoms with Crippen molar-refractivity contribution in [3.8, 4) is 0 Å². The molecule has 0 radical (unpaired) electrons. The fraction of sp³-hybridized carbons (Fsp3) is 0.533. The number of sulfonamides is 1. The predicted molar refractivity (Wildman–Crippen MR) is 94.9 cm³/mol. The lowest BCUT2D eigenvalue weighted by molar-refractivity contribution is -0.126. The second-order valence-corrected chi connectivity index (χ2v) is 8.25. The van der Waals surface area contributed by atoms with Crippen LogP contribution in [0.3, 0.4) is 0 Å². The van der Waals surface area contributed by atoms with E-state index in [1.165, 1.54) is 16.4 Å². The summed E-state index contributed by atoms with van der Waals surface area (Å²) in [7, 11) is -3.76. The van der Waals surface area contributed by atoms with Gasteiger partial charge in [-0.1, -0.05) is 29.3 Å². The van der Waals surface area contributed by atoms with Gasteiger partial charge in [0, 0.05) is 32.7 Å². The Labute approximate surface area is 152 Å². The lowest BCUT2D eigenvalue weighted by Crippen LogP contribution is -2.54. The second kappa shape index (κ2) is 8.01. The number of piperazine rings is 1. The highest BCUT2D eigenvalue weighted by Crippen LogP contribution is 2.31. The number of rotatable bonds is 5. The van der Waals surface area contributed by atoms with Crippen LogP contribution in [0.4, 0.5) is 0 Å². The van der Waals surface area contributed by atoms with Crippen LogP contribution in [-0.2, 0) is 14.8 Å². The zero-order valence-corrected chi connectivity index (χ0v) is 16.0. The van der Waals surface area contributed by atoms with E-state index in [2.05, 4.69) is 5.32 Å². The van der Waals surface area contributed by atoms with Crippen LogP contribution in [-0.4, -0.2) is 62.3 Å². The van der Waals surface area contributed by atoms with Gasteiger partial charge in [0.15, 0.2) is 0 Å². The Kier molecular flexibility index (Phi) is 6.50. The number of hydrogen-bond acceptors (Lipinski definition) is 4. The second-order valence-electron chi connectivity index (χ2n) is 5.56. The van der Waals surface area contributed by atoms with Crippen molar-refractivity contribution in [1.82, 2.24) is 14.5 Å².